The summed E-state index contributed by atoms with van der Waals surface area (Å²) < 4.78 is 17.9. The second-order valence-electron chi connectivity index (χ2n) is 8.82. The molecule has 11 heteroatoms. The van der Waals surface area contributed by atoms with Crippen molar-refractivity contribution in [2.45, 2.75) is 57.0 Å². The molecule has 0 spiro atoms. The van der Waals surface area contributed by atoms with Gasteiger partial charge in [-0.05, 0) is 30.0 Å². The molecule has 35 heavy (non-hydrogen) atoms. The van der Waals surface area contributed by atoms with Gasteiger partial charge in [-0.2, -0.15) is 0 Å². The van der Waals surface area contributed by atoms with Crippen molar-refractivity contribution >= 4 is 40.3 Å². The Morgan fingerprint density at radius 1 is 1.23 bits per heavy atom. The van der Waals surface area contributed by atoms with E-state index in [9.17, 15) is 23.6 Å². The summed E-state index contributed by atoms with van der Waals surface area (Å²) in [4.78, 5) is 56.3. The van der Waals surface area contributed by atoms with Gasteiger partial charge in [0.05, 0.1) is 7.11 Å². The molecule has 2 heterocycles. The fraction of sp³-hybridized carbons (Fsp3) is 0.458. The molecule has 1 aliphatic carbocycles. The summed E-state index contributed by atoms with van der Waals surface area (Å²) in [6.07, 6.45) is 5.61. The van der Waals surface area contributed by atoms with Gasteiger partial charge in [-0.1, -0.05) is 44.2 Å². The normalized spacial score (nSPS) is 19.4. The molecule has 2 atom stereocenters. The Labute approximate surface area is 206 Å². The monoisotopic (exact) mass is 502 g/mol. The SMILES string of the molecule is COC(=O)c1csc(NC(=O)[C@@H](CC2CCCCC2)N2C(=O)NC(Cc3ccc(F)cc3)C2=O)n1. The maximum Gasteiger partial charge on any atom is 0.357 e. The van der Waals surface area contributed by atoms with Crippen molar-refractivity contribution in [1.82, 2.24) is 15.2 Å². The standard InChI is InChI=1S/C24H27FN4O5S/c1-34-22(32)18-13-35-23(26-18)28-20(30)19(12-14-5-3-2-4-6-14)29-21(31)17(27-24(29)33)11-15-7-9-16(25)10-8-15/h7-10,13-14,17,19H,2-6,11-12H2,1H3,(H,27,33)(H,26,28,30)/t17?,19-/m1/s1. The van der Waals surface area contributed by atoms with Gasteiger partial charge in [-0.15, -0.1) is 11.3 Å². The maximum atomic E-state index is 13.3. The van der Waals surface area contributed by atoms with Crippen LogP contribution in [0.2, 0.25) is 0 Å². The number of ether oxygens (including phenoxy) is 1. The van der Waals surface area contributed by atoms with Crippen LogP contribution < -0.4 is 10.6 Å². The van der Waals surface area contributed by atoms with Crippen molar-refractivity contribution in [2.24, 2.45) is 5.92 Å². The second-order valence-corrected chi connectivity index (χ2v) is 9.67. The summed E-state index contributed by atoms with van der Waals surface area (Å²) in [6, 6.07) is 3.21. The first-order chi connectivity index (χ1) is 16.9. The van der Waals surface area contributed by atoms with Crippen LogP contribution in [0.4, 0.5) is 14.3 Å². The molecule has 1 saturated carbocycles. The lowest BCUT2D eigenvalue weighted by Gasteiger charge is -2.30. The summed E-state index contributed by atoms with van der Waals surface area (Å²) in [6.45, 7) is 0. The van der Waals surface area contributed by atoms with Gasteiger partial charge < -0.3 is 15.4 Å². The molecule has 1 saturated heterocycles. The van der Waals surface area contributed by atoms with Crippen molar-refractivity contribution in [3.05, 3.63) is 46.7 Å². The van der Waals surface area contributed by atoms with Crippen LogP contribution in [0.3, 0.4) is 0 Å². The van der Waals surface area contributed by atoms with E-state index < -0.39 is 35.9 Å². The summed E-state index contributed by atoms with van der Waals surface area (Å²) in [7, 11) is 1.24. The number of imide groups is 1. The number of rotatable bonds is 8. The third-order valence-corrected chi connectivity index (χ3v) is 7.19. The average Bonchev–Trinajstić information content (AvgIpc) is 3.43. The smallest absolute Gasteiger partial charge is 0.357 e. The molecule has 4 rings (SSSR count). The zero-order valence-corrected chi connectivity index (χ0v) is 20.1. The number of benzene rings is 1. The van der Waals surface area contributed by atoms with Crippen LogP contribution in [-0.2, 0) is 20.7 Å². The van der Waals surface area contributed by atoms with Crippen molar-refractivity contribution in [3.8, 4) is 0 Å². The van der Waals surface area contributed by atoms with Gasteiger partial charge in [0.1, 0.15) is 17.9 Å². The zero-order valence-electron chi connectivity index (χ0n) is 19.3. The number of halogens is 1. The van der Waals surface area contributed by atoms with E-state index in [1.807, 2.05) is 0 Å². The average molecular weight is 503 g/mol. The van der Waals surface area contributed by atoms with E-state index in [2.05, 4.69) is 20.4 Å². The molecule has 1 aromatic carbocycles. The Bertz CT molecular complexity index is 1100. The van der Waals surface area contributed by atoms with Gasteiger partial charge in [-0.3, -0.25) is 9.59 Å². The number of carbonyl (C=O) groups excluding carboxylic acids is 4. The minimum atomic E-state index is -1.02. The lowest BCUT2D eigenvalue weighted by molar-refractivity contribution is -0.134. The number of hydrogen-bond donors (Lipinski definition) is 2. The van der Waals surface area contributed by atoms with Crippen molar-refractivity contribution in [1.29, 1.82) is 0 Å². The Balaban J connectivity index is 1.52. The number of hydrogen-bond acceptors (Lipinski definition) is 7. The highest BCUT2D eigenvalue weighted by Crippen LogP contribution is 2.30. The van der Waals surface area contributed by atoms with Gasteiger partial charge in [-0.25, -0.2) is 23.9 Å². The number of amides is 4. The molecule has 1 aliphatic heterocycles. The van der Waals surface area contributed by atoms with E-state index in [1.165, 1.54) is 24.6 Å². The molecule has 186 valence electrons. The first-order valence-electron chi connectivity index (χ1n) is 11.6. The molecule has 0 bridgehead atoms. The number of esters is 1. The molecule has 2 aliphatic rings. The van der Waals surface area contributed by atoms with E-state index in [0.29, 0.717) is 12.0 Å². The molecule has 4 amide bonds. The molecule has 1 aromatic heterocycles. The van der Waals surface area contributed by atoms with Crippen LogP contribution >= 0.6 is 11.3 Å². The molecule has 9 nitrogen and oxygen atoms in total. The van der Waals surface area contributed by atoms with Gasteiger partial charge in [0.25, 0.3) is 5.91 Å². The third-order valence-electron chi connectivity index (χ3n) is 6.43. The summed E-state index contributed by atoms with van der Waals surface area (Å²) in [5, 5.41) is 6.98. The first-order valence-corrected chi connectivity index (χ1v) is 12.5. The zero-order chi connectivity index (χ0) is 24.9. The van der Waals surface area contributed by atoms with Crippen molar-refractivity contribution < 1.29 is 28.3 Å². The second kappa shape index (κ2) is 10.9. The van der Waals surface area contributed by atoms with Crippen molar-refractivity contribution in [3.63, 3.8) is 0 Å². The van der Waals surface area contributed by atoms with E-state index >= 15 is 0 Å². The van der Waals surface area contributed by atoms with Gasteiger partial charge in [0, 0.05) is 11.8 Å². The van der Waals surface area contributed by atoms with Crippen LogP contribution in [0.15, 0.2) is 29.6 Å². The van der Waals surface area contributed by atoms with Gasteiger partial charge in [0.15, 0.2) is 10.8 Å². The molecule has 2 fully saturated rings. The Hall–Kier alpha value is -3.34. The Morgan fingerprint density at radius 2 is 1.94 bits per heavy atom. The molecular weight excluding hydrogens is 475 g/mol. The highest BCUT2D eigenvalue weighted by Gasteiger charge is 2.45. The summed E-state index contributed by atoms with van der Waals surface area (Å²) >= 11 is 1.05. The van der Waals surface area contributed by atoms with Crippen molar-refractivity contribution in [2.75, 3.05) is 12.4 Å². The van der Waals surface area contributed by atoms with E-state index in [-0.39, 0.29) is 29.0 Å². The van der Waals surface area contributed by atoms with Gasteiger partial charge in [0.2, 0.25) is 5.91 Å². The predicted octanol–water partition coefficient (Wildman–Crippen LogP) is 3.51. The number of thiazole rings is 1. The van der Waals surface area contributed by atoms with E-state index in [1.54, 1.807) is 12.1 Å². The minimum Gasteiger partial charge on any atom is -0.464 e. The molecule has 2 N–H and O–H groups in total. The molecular formula is C24H27FN4O5S. The molecule has 0 radical (unpaired) electrons. The van der Waals surface area contributed by atoms with E-state index in [4.69, 9.17) is 0 Å². The fourth-order valence-electron chi connectivity index (χ4n) is 4.62. The Kier molecular flexibility index (Phi) is 7.74. The Morgan fingerprint density at radius 3 is 2.63 bits per heavy atom. The largest absolute Gasteiger partial charge is 0.464 e. The highest BCUT2D eigenvalue weighted by molar-refractivity contribution is 7.14. The number of aromatic nitrogens is 1. The van der Waals surface area contributed by atoms with Crippen LogP contribution in [-0.4, -0.2) is 52.9 Å². The number of methoxy groups -OCH3 is 1. The number of urea groups is 1. The lowest BCUT2D eigenvalue weighted by Crippen LogP contribution is -2.49. The number of nitrogens with zero attached hydrogens (tertiary/aromatic N) is 2. The number of nitrogens with one attached hydrogen (secondary N) is 2. The lowest BCUT2D eigenvalue weighted by atomic mass is 9.84. The predicted molar refractivity (Wildman–Crippen MR) is 126 cm³/mol. The summed E-state index contributed by atoms with van der Waals surface area (Å²) in [5.74, 6) is -1.84. The summed E-state index contributed by atoms with van der Waals surface area (Å²) in [5.41, 5.74) is 0.754. The van der Waals surface area contributed by atoms with Crippen LogP contribution in [0.1, 0.15) is 54.6 Å². The minimum absolute atomic E-state index is 0.0611. The number of anilines is 1. The van der Waals surface area contributed by atoms with E-state index in [0.717, 1.165) is 48.3 Å². The topological polar surface area (TPSA) is 118 Å². The third kappa shape index (κ3) is 5.84. The number of carbonyl (C=O) groups is 4. The van der Waals surface area contributed by atoms with Crippen LogP contribution in [0, 0.1) is 11.7 Å². The first kappa shape index (κ1) is 24.8. The quantitative estimate of drug-likeness (QED) is 0.421. The highest BCUT2D eigenvalue weighted by atomic mass is 32.1. The van der Waals surface area contributed by atoms with Crippen LogP contribution in [0.25, 0.3) is 0 Å². The fourth-order valence-corrected chi connectivity index (χ4v) is 5.31. The van der Waals surface area contributed by atoms with Gasteiger partial charge >= 0.3 is 12.0 Å². The molecule has 1 unspecified atom stereocenters. The maximum absolute atomic E-state index is 13.3. The molecule has 2 aromatic rings. The van der Waals surface area contributed by atoms with Crippen LogP contribution in [0.5, 0.6) is 0 Å².